The molecular formula is C41H44N4O8. The van der Waals surface area contributed by atoms with Crippen molar-refractivity contribution in [3.63, 3.8) is 0 Å². The van der Waals surface area contributed by atoms with Crippen LogP contribution in [0.1, 0.15) is 49.5 Å². The number of carboxylic acid groups (broad SMARTS) is 1. The third kappa shape index (κ3) is 7.26. The average molecular weight is 721 g/mol. The first kappa shape index (κ1) is 36.9. The van der Waals surface area contributed by atoms with Gasteiger partial charge in [0.1, 0.15) is 41.0 Å². The molecule has 2 fully saturated rings. The van der Waals surface area contributed by atoms with E-state index in [-0.39, 0.29) is 30.7 Å². The number of hydrogen-bond donors (Lipinski definition) is 4. The summed E-state index contributed by atoms with van der Waals surface area (Å²) in [4.78, 5) is 60.9. The number of nitrogens with zero attached hydrogens (tertiary/aromatic N) is 2. The number of aromatic hydroxyl groups is 1. The number of benzene rings is 3. The normalized spacial score (nSPS) is 21.4. The molecule has 1 saturated heterocycles. The molecule has 276 valence electrons. The van der Waals surface area contributed by atoms with Crippen LogP contribution in [0, 0.1) is 18.3 Å². The number of aromatic nitrogens is 1. The lowest BCUT2D eigenvalue weighted by Crippen LogP contribution is -2.59. The van der Waals surface area contributed by atoms with Crippen molar-refractivity contribution in [3.8, 4) is 28.5 Å². The number of nitrogens with one attached hydrogen (secondary N) is 2. The van der Waals surface area contributed by atoms with Crippen LogP contribution in [0.2, 0.25) is 0 Å². The van der Waals surface area contributed by atoms with Gasteiger partial charge in [-0.2, -0.15) is 0 Å². The summed E-state index contributed by atoms with van der Waals surface area (Å²) in [5.74, 6) is -2.38. The molecule has 3 amide bonds. The largest absolute Gasteiger partial charge is 0.508 e. The van der Waals surface area contributed by atoms with Crippen LogP contribution in [0.25, 0.3) is 22.2 Å². The van der Waals surface area contributed by atoms with Gasteiger partial charge in [-0.05, 0) is 43.0 Å². The van der Waals surface area contributed by atoms with Crippen LogP contribution in [-0.2, 0) is 14.4 Å². The molecule has 1 aliphatic heterocycles. The first-order chi connectivity index (χ1) is 25.2. The van der Waals surface area contributed by atoms with Gasteiger partial charge in [-0.15, -0.1) is 6.58 Å². The molecular weight excluding hydrogens is 676 g/mol. The number of hydrogen-bond acceptors (Lipinski definition) is 8. The van der Waals surface area contributed by atoms with Crippen molar-refractivity contribution in [1.82, 2.24) is 20.5 Å². The zero-order chi connectivity index (χ0) is 38.2. The summed E-state index contributed by atoms with van der Waals surface area (Å²) in [7, 11) is 1.57. The fourth-order valence-electron chi connectivity index (χ4n) is 6.92. The predicted molar refractivity (Wildman–Crippen MR) is 199 cm³/mol. The second-order valence-corrected chi connectivity index (χ2v) is 14.8. The molecule has 12 heteroatoms. The standard InChI is InChI=1S/C41H44N4O8/c1-7-25-21-41(25,39(50)51)44-37(48)32-19-27(22-45(32)38(49)35(40(3,4)5)43-36(47)28-14-11-15-33(46)23(28)2)53-34-20-30(24-12-9-8-10-13-24)42-31-18-26(52-6)16-17-29(31)34/h7-18,20,25,27,32,35,46H,1,19,21-22H2,2-6H3,(H,43,47)(H,44,48)(H,50,51)/t25-,27+,32-,35+,41?/m0/s1. The van der Waals surface area contributed by atoms with E-state index in [1.807, 2.05) is 42.5 Å². The van der Waals surface area contributed by atoms with Gasteiger partial charge in [0.2, 0.25) is 11.8 Å². The number of phenols is 1. The predicted octanol–water partition coefficient (Wildman–Crippen LogP) is 5.26. The highest BCUT2D eigenvalue weighted by atomic mass is 16.5. The number of carbonyl (C=O) groups is 4. The smallest absolute Gasteiger partial charge is 0.330 e. The number of pyridine rings is 1. The molecule has 6 rings (SSSR count). The Labute approximate surface area is 307 Å². The highest BCUT2D eigenvalue weighted by molar-refractivity contribution is 6.01. The second kappa shape index (κ2) is 14.3. The maximum Gasteiger partial charge on any atom is 0.330 e. The van der Waals surface area contributed by atoms with Crippen LogP contribution in [0.4, 0.5) is 0 Å². The number of aliphatic carboxylic acids is 1. The Morgan fingerprint density at radius 1 is 1.06 bits per heavy atom. The van der Waals surface area contributed by atoms with Gasteiger partial charge in [-0.3, -0.25) is 14.4 Å². The second-order valence-electron chi connectivity index (χ2n) is 14.8. The molecule has 53 heavy (non-hydrogen) atoms. The summed E-state index contributed by atoms with van der Waals surface area (Å²) in [5.41, 5.74) is 0.324. The number of fused-ring (bicyclic) bond motifs is 1. The molecule has 12 nitrogen and oxygen atoms in total. The Morgan fingerprint density at radius 3 is 2.43 bits per heavy atom. The minimum atomic E-state index is -1.53. The number of carboxylic acids is 1. The van der Waals surface area contributed by atoms with Gasteiger partial charge in [0.25, 0.3) is 5.91 Å². The lowest BCUT2D eigenvalue weighted by molar-refractivity contribution is -0.146. The molecule has 0 radical (unpaired) electrons. The van der Waals surface area contributed by atoms with Gasteiger partial charge in [0.05, 0.1) is 24.9 Å². The quantitative estimate of drug-likeness (QED) is 0.151. The average Bonchev–Trinajstić information content (AvgIpc) is 3.70. The number of rotatable bonds is 11. The molecule has 1 aromatic heterocycles. The molecule has 5 atom stereocenters. The van der Waals surface area contributed by atoms with Crippen LogP contribution < -0.4 is 20.1 Å². The van der Waals surface area contributed by atoms with E-state index in [9.17, 15) is 29.4 Å². The third-order valence-corrected chi connectivity index (χ3v) is 10.2. The van der Waals surface area contributed by atoms with Crippen molar-refractivity contribution in [2.75, 3.05) is 13.7 Å². The van der Waals surface area contributed by atoms with Crippen LogP contribution in [0.15, 0.2) is 85.5 Å². The Balaban J connectivity index is 1.36. The number of ether oxygens (including phenoxy) is 2. The summed E-state index contributed by atoms with van der Waals surface area (Å²) < 4.78 is 12.1. The molecule has 1 saturated carbocycles. The third-order valence-electron chi connectivity index (χ3n) is 10.2. The van der Waals surface area contributed by atoms with Crippen molar-refractivity contribution in [3.05, 3.63) is 96.6 Å². The molecule has 0 bridgehead atoms. The number of likely N-dealkylation sites (tertiary alicyclic amines) is 1. The van der Waals surface area contributed by atoms with Crippen molar-refractivity contribution < 1.29 is 38.9 Å². The van der Waals surface area contributed by atoms with Crippen molar-refractivity contribution in [2.45, 2.75) is 64.3 Å². The number of carbonyl (C=O) groups excluding carboxylic acids is 3. The number of methoxy groups -OCH3 is 1. The van der Waals surface area contributed by atoms with E-state index in [0.717, 1.165) is 5.56 Å². The Morgan fingerprint density at radius 2 is 1.79 bits per heavy atom. The molecule has 2 heterocycles. The summed E-state index contributed by atoms with van der Waals surface area (Å²) in [6, 6.07) is 19.2. The summed E-state index contributed by atoms with van der Waals surface area (Å²) in [6.07, 6.45) is 1.02. The maximum atomic E-state index is 14.7. The van der Waals surface area contributed by atoms with Gasteiger partial charge >= 0.3 is 5.97 Å². The molecule has 1 unspecified atom stereocenters. The van der Waals surface area contributed by atoms with Crippen LogP contribution in [-0.4, -0.2) is 81.2 Å². The van der Waals surface area contributed by atoms with E-state index in [2.05, 4.69) is 17.2 Å². The van der Waals surface area contributed by atoms with Gasteiger partial charge < -0.3 is 35.2 Å². The molecule has 0 spiro atoms. The zero-order valence-corrected chi connectivity index (χ0v) is 30.4. The fraction of sp³-hybridized carbons (Fsp3) is 0.341. The van der Waals surface area contributed by atoms with E-state index in [0.29, 0.717) is 33.7 Å². The van der Waals surface area contributed by atoms with Gasteiger partial charge in [0, 0.05) is 46.5 Å². The highest BCUT2D eigenvalue weighted by Crippen LogP contribution is 2.45. The minimum Gasteiger partial charge on any atom is -0.508 e. The summed E-state index contributed by atoms with van der Waals surface area (Å²) in [5, 5.41) is 26.6. The molecule has 4 aromatic rings. The van der Waals surface area contributed by atoms with Gasteiger partial charge in [-0.25, -0.2) is 9.78 Å². The van der Waals surface area contributed by atoms with Gasteiger partial charge in [-0.1, -0.05) is 63.2 Å². The van der Waals surface area contributed by atoms with Crippen molar-refractivity contribution in [2.24, 2.45) is 11.3 Å². The lowest BCUT2D eigenvalue weighted by atomic mass is 9.85. The Bertz CT molecular complexity index is 2100. The monoisotopic (exact) mass is 720 g/mol. The molecule has 4 N–H and O–H groups in total. The number of amides is 3. The first-order valence-electron chi connectivity index (χ1n) is 17.5. The van der Waals surface area contributed by atoms with Crippen LogP contribution >= 0.6 is 0 Å². The molecule has 2 aliphatic rings. The molecule has 3 aromatic carbocycles. The van der Waals surface area contributed by atoms with Crippen molar-refractivity contribution in [1.29, 1.82) is 0 Å². The number of phenolic OH excluding ortho intramolecular Hbond substituents is 1. The van der Waals surface area contributed by atoms with Crippen LogP contribution in [0.5, 0.6) is 17.2 Å². The summed E-state index contributed by atoms with van der Waals surface area (Å²) in [6.45, 7) is 10.7. The van der Waals surface area contributed by atoms with E-state index in [1.165, 1.54) is 17.0 Å². The first-order valence-corrected chi connectivity index (χ1v) is 17.5. The zero-order valence-electron chi connectivity index (χ0n) is 30.4. The van der Waals surface area contributed by atoms with E-state index in [1.54, 1.807) is 59.1 Å². The Hall–Kier alpha value is -5.91. The highest BCUT2D eigenvalue weighted by Gasteiger charge is 2.61. The minimum absolute atomic E-state index is 0.0316. The fourth-order valence-corrected chi connectivity index (χ4v) is 6.92. The maximum absolute atomic E-state index is 14.7. The van der Waals surface area contributed by atoms with Gasteiger partial charge in [0.15, 0.2) is 0 Å². The van der Waals surface area contributed by atoms with Crippen LogP contribution in [0.3, 0.4) is 0 Å². The molecule has 1 aliphatic carbocycles. The topological polar surface area (TPSA) is 167 Å². The lowest BCUT2D eigenvalue weighted by Gasteiger charge is -2.35. The Kier molecular flexibility index (Phi) is 9.91. The van der Waals surface area contributed by atoms with E-state index in [4.69, 9.17) is 14.5 Å². The summed E-state index contributed by atoms with van der Waals surface area (Å²) >= 11 is 0. The van der Waals surface area contributed by atoms with Crippen molar-refractivity contribution >= 4 is 34.6 Å². The SMILES string of the molecule is C=C[C@H]1CC1(NC(=O)[C@@H]1C[C@@H](Oc2cc(-c3ccccc3)nc3cc(OC)ccc23)CN1C(=O)[C@@H](NC(=O)c1cccc(O)c1C)C(C)(C)C)C(=O)O. The van der Waals surface area contributed by atoms with E-state index < -0.39 is 58.8 Å². The van der Waals surface area contributed by atoms with E-state index >= 15 is 0 Å².